The molecule has 0 aliphatic heterocycles. The van der Waals surface area contributed by atoms with Gasteiger partial charge < -0.3 is 4.74 Å². The zero-order chi connectivity index (χ0) is 9.78. The smallest absolute Gasteiger partial charge is 0.309 e. The van der Waals surface area contributed by atoms with E-state index in [0.717, 1.165) is 0 Å². The van der Waals surface area contributed by atoms with Gasteiger partial charge in [0.25, 0.3) is 0 Å². The number of quaternary nitrogens is 1. The Morgan fingerprint density at radius 2 is 2.00 bits per heavy atom. The van der Waals surface area contributed by atoms with Crippen LogP contribution in [-0.4, -0.2) is 45.4 Å². The normalized spacial score (nSPS) is 14.1. The lowest BCUT2D eigenvalue weighted by Crippen LogP contribution is -2.50. The predicted molar refractivity (Wildman–Crippen MR) is 47.2 cm³/mol. The van der Waals surface area contributed by atoms with Crippen molar-refractivity contribution in [2.75, 3.05) is 34.8 Å². The van der Waals surface area contributed by atoms with Crippen molar-refractivity contribution in [2.24, 2.45) is 5.92 Å². The highest BCUT2D eigenvalue weighted by molar-refractivity contribution is 5.71. The summed E-state index contributed by atoms with van der Waals surface area (Å²) in [7, 11) is 7.42. The summed E-state index contributed by atoms with van der Waals surface area (Å²) in [6.45, 7) is 2.48. The fourth-order valence-corrected chi connectivity index (χ4v) is 0.695. The third kappa shape index (κ3) is 5.09. The van der Waals surface area contributed by atoms with Gasteiger partial charge >= 0.3 is 5.97 Å². The minimum Gasteiger partial charge on any atom is -0.469 e. The average Bonchev–Trinajstić information content (AvgIpc) is 1.97. The van der Waals surface area contributed by atoms with Crippen LogP contribution in [0.2, 0.25) is 0 Å². The first-order chi connectivity index (χ1) is 5.37. The average molecular weight is 175 g/mol. The second-order valence-corrected chi connectivity index (χ2v) is 3.80. The molecule has 0 saturated carbocycles. The Bertz CT molecular complexity index is 152. The van der Waals surface area contributed by atoms with Gasteiger partial charge in [0, 0.05) is 0 Å². The van der Waals surface area contributed by atoms with Crippen LogP contribution in [0.1, 0.15) is 6.92 Å². The second kappa shape index (κ2) is 4.42. The van der Waals surface area contributed by atoms with Crippen LogP contribution >= 0.6 is 0 Å². The summed E-state index contributed by atoms with van der Waals surface area (Å²) in [5, 5.41) is 0. The number of nitrogens with one attached hydrogen (secondary N) is 1. The molecule has 4 heteroatoms. The Balaban J connectivity index is 3.72. The van der Waals surface area contributed by atoms with Gasteiger partial charge in [0.1, 0.15) is 0 Å². The molecule has 1 atom stereocenters. The minimum absolute atomic E-state index is 0.0904. The molecule has 0 radical (unpaired) electrons. The van der Waals surface area contributed by atoms with Crippen LogP contribution in [0.25, 0.3) is 0 Å². The van der Waals surface area contributed by atoms with E-state index in [-0.39, 0.29) is 11.9 Å². The molecule has 0 aromatic rings. The maximum Gasteiger partial charge on any atom is 0.309 e. The van der Waals surface area contributed by atoms with Crippen LogP contribution in [0, 0.1) is 5.92 Å². The lowest BCUT2D eigenvalue weighted by Gasteiger charge is -2.25. The SMILES string of the molecule is COC(=O)C(C)CN[N+](C)(C)C. The van der Waals surface area contributed by atoms with Gasteiger partial charge in [0.05, 0.1) is 40.7 Å². The zero-order valence-corrected chi connectivity index (χ0v) is 8.55. The number of methoxy groups -OCH3 is 1. The topological polar surface area (TPSA) is 38.3 Å². The van der Waals surface area contributed by atoms with Gasteiger partial charge in [0.15, 0.2) is 0 Å². The van der Waals surface area contributed by atoms with Crippen molar-refractivity contribution in [3.05, 3.63) is 0 Å². The van der Waals surface area contributed by atoms with Crippen LogP contribution in [0.3, 0.4) is 0 Å². The Hall–Kier alpha value is -0.610. The molecule has 0 amide bonds. The summed E-state index contributed by atoms with van der Waals surface area (Å²) in [5.41, 5.74) is 3.17. The highest BCUT2D eigenvalue weighted by Crippen LogP contribution is 1.96. The van der Waals surface area contributed by atoms with Gasteiger partial charge in [-0.2, -0.15) is 5.43 Å². The largest absolute Gasteiger partial charge is 0.469 e. The lowest BCUT2D eigenvalue weighted by molar-refractivity contribution is -0.915. The maximum absolute atomic E-state index is 11.0. The third-order valence-corrected chi connectivity index (χ3v) is 1.48. The number of carbonyl (C=O) groups excluding carboxylic acids is 1. The van der Waals surface area contributed by atoms with Gasteiger partial charge in [-0.3, -0.25) is 9.39 Å². The van der Waals surface area contributed by atoms with Crippen LogP contribution in [0.15, 0.2) is 0 Å². The van der Waals surface area contributed by atoms with Crippen molar-refractivity contribution < 1.29 is 14.1 Å². The fourth-order valence-electron chi connectivity index (χ4n) is 0.695. The summed E-state index contributed by atoms with van der Waals surface area (Å²) < 4.78 is 5.23. The molecule has 0 spiro atoms. The number of carbonyl (C=O) groups is 1. The highest BCUT2D eigenvalue weighted by atomic mass is 16.5. The molecule has 0 aromatic carbocycles. The fraction of sp³-hybridized carbons (Fsp3) is 0.875. The molecule has 0 saturated heterocycles. The molecule has 0 aliphatic rings. The lowest BCUT2D eigenvalue weighted by atomic mass is 10.2. The van der Waals surface area contributed by atoms with E-state index in [1.807, 2.05) is 28.1 Å². The molecule has 72 valence electrons. The molecule has 0 aliphatic carbocycles. The van der Waals surface area contributed by atoms with E-state index in [1.165, 1.54) is 7.11 Å². The molecule has 1 N–H and O–H groups in total. The van der Waals surface area contributed by atoms with E-state index in [1.54, 1.807) is 0 Å². The van der Waals surface area contributed by atoms with Gasteiger partial charge in [-0.1, -0.05) is 6.92 Å². The highest BCUT2D eigenvalue weighted by Gasteiger charge is 2.16. The molecular formula is C8H19N2O2+. The van der Waals surface area contributed by atoms with Crippen molar-refractivity contribution in [2.45, 2.75) is 6.92 Å². The molecule has 12 heavy (non-hydrogen) atoms. The first-order valence-corrected chi connectivity index (χ1v) is 4.01. The van der Waals surface area contributed by atoms with Gasteiger partial charge in [-0.25, -0.2) is 0 Å². The van der Waals surface area contributed by atoms with E-state index in [0.29, 0.717) is 11.1 Å². The zero-order valence-electron chi connectivity index (χ0n) is 8.55. The standard InChI is InChI=1S/C8H19N2O2/c1-7(8(11)12-5)6-9-10(2,3)4/h7,9H,6H2,1-5H3/q+1. The first-order valence-electron chi connectivity index (χ1n) is 4.01. The molecule has 1 unspecified atom stereocenters. The maximum atomic E-state index is 11.0. The Morgan fingerprint density at radius 1 is 1.50 bits per heavy atom. The molecule has 4 nitrogen and oxygen atoms in total. The van der Waals surface area contributed by atoms with Crippen LogP contribution in [-0.2, 0) is 9.53 Å². The Morgan fingerprint density at radius 3 is 2.33 bits per heavy atom. The van der Waals surface area contributed by atoms with Crippen molar-refractivity contribution in [1.82, 2.24) is 5.43 Å². The van der Waals surface area contributed by atoms with Gasteiger partial charge in [-0.05, 0) is 0 Å². The Labute approximate surface area is 74.1 Å². The number of hydrogen-bond acceptors (Lipinski definition) is 3. The number of esters is 1. The summed E-state index contributed by atoms with van der Waals surface area (Å²) in [4.78, 5) is 11.0. The molecule has 0 bridgehead atoms. The molecular weight excluding hydrogens is 156 g/mol. The molecule has 0 aromatic heterocycles. The Kier molecular flexibility index (Phi) is 4.20. The quantitative estimate of drug-likeness (QED) is 0.371. The second-order valence-electron chi connectivity index (χ2n) is 3.80. The summed E-state index contributed by atoms with van der Waals surface area (Å²) in [6, 6.07) is 0. The molecule has 0 fully saturated rings. The van der Waals surface area contributed by atoms with Crippen LogP contribution in [0.5, 0.6) is 0 Å². The van der Waals surface area contributed by atoms with Crippen LogP contribution in [0.4, 0.5) is 0 Å². The van der Waals surface area contributed by atoms with E-state index in [2.05, 4.69) is 10.2 Å². The van der Waals surface area contributed by atoms with Crippen molar-refractivity contribution in [1.29, 1.82) is 0 Å². The summed E-state index contributed by atoms with van der Waals surface area (Å²) in [6.07, 6.45) is 0. The number of rotatable bonds is 4. The predicted octanol–water partition coefficient (Wildman–Crippen LogP) is 0.00630. The monoisotopic (exact) mass is 175 g/mol. The van der Waals surface area contributed by atoms with E-state index >= 15 is 0 Å². The summed E-state index contributed by atoms with van der Waals surface area (Å²) in [5.74, 6) is -0.261. The summed E-state index contributed by atoms with van der Waals surface area (Å²) >= 11 is 0. The van der Waals surface area contributed by atoms with Crippen LogP contribution < -0.4 is 5.43 Å². The van der Waals surface area contributed by atoms with Crippen molar-refractivity contribution in [3.8, 4) is 0 Å². The number of nitrogens with zero attached hydrogens (tertiary/aromatic N) is 1. The van der Waals surface area contributed by atoms with Crippen molar-refractivity contribution in [3.63, 3.8) is 0 Å². The number of hydrogen-bond donors (Lipinski definition) is 1. The van der Waals surface area contributed by atoms with E-state index < -0.39 is 0 Å². The molecule has 0 heterocycles. The third-order valence-electron chi connectivity index (χ3n) is 1.48. The van der Waals surface area contributed by atoms with Gasteiger partial charge in [-0.15, -0.1) is 0 Å². The first kappa shape index (κ1) is 11.4. The van der Waals surface area contributed by atoms with Gasteiger partial charge in [0.2, 0.25) is 0 Å². The van der Waals surface area contributed by atoms with E-state index in [9.17, 15) is 4.79 Å². The molecule has 0 rings (SSSR count). The minimum atomic E-state index is -0.170. The van der Waals surface area contributed by atoms with E-state index in [4.69, 9.17) is 0 Å². The van der Waals surface area contributed by atoms with Crippen molar-refractivity contribution >= 4 is 5.97 Å². The number of ether oxygens (including phenoxy) is 1.